The van der Waals surface area contributed by atoms with Gasteiger partial charge in [0.1, 0.15) is 6.61 Å². The molecule has 18 heavy (non-hydrogen) atoms. The largest absolute Gasteiger partial charge is 0.478 e. The van der Waals surface area contributed by atoms with Crippen molar-refractivity contribution in [3.05, 3.63) is 23.8 Å². The maximum atomic E-state index is 11.1. The number of carbonyl (C=O) groups is 3. The summed E-state index contributed by atoms with van der Waals surface area (Å²) in [4.78, 5) is 32.8. The maximum Gasteiger partial charge on any atom is 0.335 e. The first kappa shape index (κ1) is 13.7. The van der Waals surface area contributed by atoms with Crippen LogP contribution in [0, 0.1) is 0 Å². The van der Waals surface area contributed by atoms with Crippen LogP contribution < -0.4 is 10.6 Å². The van der Waals surface area contributed by atoms with E-state index in [1.807, 2.05) is 0 Å². The van der Waals surface area contributed by atoms with Gasteiger partial charge in [-0.2, -0.15) is 0 Å². The van der Waals surface area contributed by atoms with E-state index in [1.165, 1.54) is 25.1 Å². The van der Waals surface area contributed by atoms with E-state index in [9.17, 15) is 14.4 Å². The molecule has 0 aliphatic heterocycles. The van der Waals surface area contributed by atoms with E-state index >= 15 is 0 Å². The number of carbonyl (C=O) groups excluding carboxylic acids is 2. The molecule has 0 saturated heterocycles. The molecular weight excluding hydrogens is 240 g/mol. The number of rotatable bonds is 4. The normalized spacial score (nSPS) is 9.67. The van der Waals surface area contributed by atoms with Crippen molar-refractivity contribution in [3.63, 3.8) is 0 Å². The number of aliphatic hydroxyl groups excluding tert-OH is 1. The van der Waals surface area contributed by atoms with Gasteiger partial charge in [-0.05, 0) is 18.2 Å². The number of hydrogen-bond donors (Lipinski definition) is 4. The van der Waals surface area contributed by atoms with E-state index < -0.39 is 18.5 Å². The minimum absolute atomic E-state index is 0.0441. The molecule has 1 aromatic rings. The molecule has 0 aliphatic rings. The zero-order chi connectivity index (χ0) is 13.7. The predicted octanol–water partition coefficient (Wildman–Crippen LogP) is 0.274. The lowest BCUT2D eigenvalue weighted by Crippen LogP contribution is -2.18. The summed E-state index contributed by atoms with van der Waals surface area (Å²) in [6.45, 7) is 0.541. The molecule has 0 aliphatic carbocycles. The molecule has 1 aromatic carbocycles. The first-order valence-electron chi connectivity index (χ1n) is 4.99. The number of amides is 2. The van der Waals surface area contributed by atoms with Crippen molar-refractivity contribution < 1.29 is 24.6 Å². The van der Waals surface area contributed by atoms with Crippen LogP contribution in [-0.2, 0) is 9.59 Å². The van der Waals surface area contributed by atoms with Gasteiger partial charge in [0.2, 0.25) is 11.8 Å². The number of aliphatic hydroxyl groups is 1. The second kappa shape index (κ2) is 5.78. The fourth-order valence-corrected chi connectivity index (χ4v) is 1.27. The van der Waals surface area contributed by atoms with Gasteiger partial charge in [0, 0.05) is 6.92 Å². The average Bonchev–Trinajstić information content (AvgIpc) is 2.30. The number of carboxylic acid groups (broad SMARTS) is 1. The molecule has 0 fully saturated rings. The molecule has 0 saturated carbocycles. The van der Waals surface area contributed by atoms with E-state index in [4.69, 9.17) is 10.2 Å². The van der Waals surface area contributed by atoms with Crippen LogP contribution in [0.15, 0.2) is 18.2 Å². The number of nitrogens with one attached hydrogen (secondary N) is 2. The molecule has 0 heterocycles. The number of benzene rings is 1. The van der Waals surface area contributed by atoms with Crippen LogP contribution in [0.3, 0.4) is 0 Å². The van der Waals surface area contributed by atoms with E-state index in [0.29, 0.717) is 0 Å². The summed E-state index contributed by atoms with van der Waals surface area (Å²) in [6, 6.07) is 3.85. The van der Waals surface area contributed by atoms with Gasteiger partial charge in [-0.1, -0.05) is 0 Å². The third-order valence-corrected chi connectivity index (χ3v) is 1.99. The zero-order valence-corrected chi connectivity index (χ0v) is 9.56. The van der Waals surface area contributed by atoms with Crippen molar-refractivity contribution in [2.45, 2.75) is 6.92 Å². The maximum absolute atomic E-state index is 11.1. The lowest BCUT2D eigenvalue weighted by atomic mass is 10.1. The Morgan fingerprint density at radius 3 is 2.33 bits per heavy atom. The molecule has 0 unspecified atom stereocenters. The van der Waals surface area contributed by atoms with Gasteiger partial charge < -0.3 is 20.8 Å². The van der Waals surface area contributed by atoms with Crippen molar-refractivity contribution in [1.82, 2.24) is 0 Å². The summed E-state index contributed by atoms with van der Waals surface area (Å²) in [7, 11) is 0. The van der Waals surface area contributed by atoms with Crippen molar-refractivity contribution >= 4 is 29.2 Å². The van der Waals surface area contributed by atoms with Gasteiger partial charge >= 0.3 is 5.97 Å². The molecule has 1 rings (SSSR count). The Morgan fingerprint density at radius 1 is 1.17 bits per heavy atom. The van der Waals surface area contributed by atoms with Crippen molar-refractivity contribution in [3.8, 4) is 0 Å². The highest BCUT2D eigenvalue weighted by Crippen LogP contribution is 2.23. The minimum Gasteiger partial charge on any atom is -0.478 e. The van der Waals surface area contributed by atoms with Gasteiger partial charge in [-0.15, -0.1) is 0 Å². The topological polar surface area (TPSA) is 116 Å². The second-order valence-corrected chi connectivity index (χ2v) is 3.45. The van der Waals surface area contributed by atoms with Crippen LogP contribution in [0.25, 0.3) is 0 Å². The lowest BCUT2D eigenvalue weighted by Gasteiger charge is -2.11. The highest BCUT2D eigenvalue weighted by molar-refractivity contribution is 6.01. The first-order chi connectivity index (χ1) is 8.43. The Kier molecular flexibility index (Phi) is 4.39. The van der Waals surface area contributed by atoms with Gasteiger partial charge in [0.05, 0.1) is 16.9 Å². The summed E-state index contributed by atoms with van der Waals surface area (Å²) in [6.07, 6.45) is 0. The Balaban J connectivity index is 3.12. The fourth-order valence-electron chi connectivity index (χ4n) is 1.27. The standard InChI is InChI=1S/C11H12N2O5/c1-6(15)12-8-3-2-7(11(17)18)4-9(8)13-10(16)5-14/h2-4,14H,5H2,1H3,(H,12,15)(H,13,16)(H,17,18). The summed E-state index contributed by atoms with van der Waals surface area (Å²) in [5, 5.41) is 22.2. The van der Waals surface area contributed by atoms with Gasteiger partial charge in [0.25, 0.3) is 0 Å². The van der Waals surface area contributed by atoms with Crippen molar-refractivity contribution in [1.29, 1.82) is 0 Å². The average molecular weight is 252 g/mol. The molecule has 0 aromatic heterocycles. The van der Waals surface area contributed by atoms with E-state index in [2.05, 4.69) is 10.6 Å². The zero-order valence-electron chi connectivity index (χ0n) is 9.56. The summed E-state index contributed by atoms with van der Waals surface area (Å²) < 4.78 is 0. The van der Waals surface area contributed by atoms with Crippen LogP contribution in [0.5, 0.6) is 0 Å². The Labute approximate surface area is 102 Å². The molecule has 4 N–H and O–H groups in total. The lowest BCUT2D eigenvalue weighted by molar-refractivity contribution is -0.118. The van der Waals surface area contributed by atoms with E-state index in [-0.39, 0.29) is 22.8 Å². The first-order valence-corrected chi connectivity index (χ1v) is 4.99. The highest BCUT2D eigenvalue weighted by atomic mass is 16.4. The number of anilines is 2. The molecular formula is C11H12N2O5. The number of hydrogen-bond acceptors (Lipinski definition) is 4. The smallest absolute Gasteiger partial charge is 0.335 e. The molecule has 0 atom stereocenters. The van der Waals surface area contributed by atoms with E-state index in [1.54, 1.807) is 0 Å². The van der Waals surface area contributed by atoms with Crippen LogP contribution in [0.2, 0.25) is 0 Å². The van der Waals surface area contributed by atoms with Crippen LogP contribution in [0.4, 0.5) is 11.4 Å². The summed E-state index contributed by atoms with van der Waals surface area (Å²) in [5.41, 5.74) is 0.329. The van der Waals surface area contributed by atoms with Gasteiger partial charge in [-0.25, -0.2) is 4.79 Å². The molecule has 0 bridgehead atoms. The third-order valence-electron chi connectivity index (χ3n) is 1.99. The molecule has 2 amide bonds. The Bertz CT molecular complexity index is 498. The molecule has 0 spiro atoms. The van der Waals surface area contributed by atoms with Crippen molar-refractivity contribution in [2.24, 2.45) is 0 Å². The SMILES string of the molecule is CC(=O)Nc1ccc(C(=O)O)cc1NC(=O)CO. The van der Waals surface area contributed by atoms with Gasteiger partial charge in [-0.3, -0.25) is 9.59 Å². The predicted molar refractivity (Wildman–Crippen MR) is 63.4 cm³/mol. The summed E-state index contributed by atoms with van der Waals surface area (Å²) in [5.74, 6) is -2.23. The monoisotopic (exact) mass is 252 g/mol. The minimum atomic E-state index is -1.16. The Morgan fingerprint density at radius 2 is 1.83 bits per heavy atom. The van der Waals surface area contributed by atoms with Crippen molar-refractivity contribution in [2.75, 3.05) is 17.2 Å². The number of carboxylic acids is 1. The van der Waals surface area contributed by atoms with Gasteiger partial charge in [0.15, 0.2) is 0 Å². The molecule has 0 radical (unpaired) electrons. The fraction of sp³-hybridized carbons (Fsp3) is 0.182. The highest BCUT2D eigenvalue weighted by Gasteiger charge is 2.11. The molecule has 7 nitrogen and oxygen atoms in total. The van der Waals surface area contributed by atoms with Crippen LogP contribution >= 0.6 is 0 Å². The number of aromatic carboxylic acids is 1. The van der Waals surface area contributed by atoms with Crippen LogP contribution in [0.1, 0.15) is 17.3 Å². The summed E-state index contributed by atoms with van der Waals surface area (Å²) >= 11 is 0. The second-order valence-electron chi connectivity index (χ2n) is 3.45. The quantitative estimate of drug-likeness (QED) is 0.614. The van der Waals surface area contributed by atoms with E-state index in [0.717, 1.165) is 0 Å². The molecule has 96 valence electrons. The third kappa shape index (κ3) is 3.56. The Hall–Kier alpha value is -2.41. The molecule has 7 heteroatoms. The van der Waals surface area contributed by atoms with Crippen LogP contribution in [-0.4, -0.2) is 34.6 Å².